The fourth-order valence-corrected chi connectivity index (χ4v) is 4.91. The van der Waals surface area contributed by atoms with E-state index in [2.05, 4.69) is 24.3 Å². The number of nitrogens with zero attached hydrogens (tertiary/aromatic N) is 1. The van der Waals surface area contributed by atoms with E-state index in [1.807, 2.05) is 66.4 Å². The van der Waals surface area contributed by atoms with Crippen LogP contribution >= 0.6 is 0 Å². The van der Waals surface area contributed by atoms with Crippen LogP contribution < -0.4 is 0 Å². The molecule has 0 bridgehead atoms. The van der Waals surface area contributed by atoms with Crippen molar-refractivity contribution in [2.75, 3.05) is 0 Å². The average Bonchev–Trinajstić information content (AvgIpc) is 3.26. The summed E-state index contributed by atoms with van der Waals surface area (Å²) in [6.07, 6.45) is 1.62. The smallest absolute Gasteiger partial charge is 0.255 e. The normalized spacial score (nSPS) is 13.0. The van der Waals surface area contributed by atoms with Gasteiger partial charge in [0.05, 0.1) is 5.56 Å². The first kappa shape index (κ1) is 21.1. The molecular weight excluding hydrogens is 409 g/mol. The zero-order chi connectivity index (χ0) is 22.8. The van der Waals surface area contributed by atoms with Gasteiger partial charge in [-0.2, -0.15) is 0 Å². The van der Waals surface area contributed by atoms with Crippen molar-refractivity contribution in [3.05, 3.63) is 131 Å². The minimum atomic E-state index is -0.282. The quantitative estimate of drug-likeness (QED) is 0.345. The Morgan fingerprint density at radius 2 is 1.52 bits per heavy atom. The molecule has 0 aliphatic heterocycles. The van der Waals surface area contributed by atoms with E-state index in [0.29, 0.717) is 6.54 Å². The number of halogens is 1. The molecule has 33 heavy (non-hydrogen) atoms. The zero-order valence-corrected chi connectivity index (χ0v) is 18.7. The van der Waals surface area contributed by atoms with Gasteiger partial charge in [-0.1, -0.05) is 84.9 Å². The maximum absolute atomic E-state index is 14.2. The van der Waals surface area contributed by atoms with Crippen LogP contribution in [0.5, 0.6) is 0 Å². The first-order valence-corrected chi connectivity index (χ1v) is 11.4. The number of aryl methyl sites for hydroxylation is 1. The Morgan fingerprint density at radius 1 is 0.848 bits per heavy atom. The van der Waals surface area contributed by atoms with E-state index in [9.17, 15) is 9.18 Å². The van der Waals surface area contributed by atoms with Gasteiger partial charge in [0.1, 0.15) is 5.82 Å². The summed E-state index contributed by atoms with van der Waals surface area (Å²) in [5.74, 6) is -0.288. The summed E-state index contributed by atoms with van der Waals surface area (Å²) in [6.45, 7) is 2.36. The largest absolute Gasteiger partial charge is 0.331 e. The van der Waals surface area contributed by atoms with E-state index >= 15 is 0 Å². The van der Waals surface area contributed by atoms with Gasteiger partial charge < -0.3 is 4.90 Å². The van der Waals surface area contributed by atoms with E-state index in [-0.39, 0.29) is 17.8 Å². The molecule has 164 valence electrons. The predicted molar refractivity (Wildman–Crippen MR) is 131 cm³/mol. The number of rotatable bonds is 5. The molecule has 1 aliphatic carbocycles. The molecule has 3 heteroatoms. The SMILES string of the molecule is Cc1cccc(-c2ccccc2)c1C(=O)N(Cc1cccc(F)c1)C1Cc2ccccc2C1. The fraction of sp³-hybridized carbons (Fsp3) is 0.167. The number of fused-ring (bicyclic) bond motifs is 1. The lowest BCUT2D eigenvalue weighted by Gasteiger charge is -2.31. The van der Waals surface area contributed by atoms with Crippen LogP contribution in [0.25, 0.3) is 11.1 Å². The summed E-state index contributed by atoms with van der Waals surface area (Å²) < 4.78 is 14.0. The number of carbonyl (C=O) groups excluding carboxylic acids is 1. The molecular formula is C30H26FNO. The molecule has 4 aromatic carbocycles. The molecule has 0 saturated heterocycles. The van der Waals surface area contributed by atoms with Gasteiger partial charge in [-0.25, -0.2) is 4.39 Å². The lowest BCUT2D eigenvalue weighted by Crippen LogP contribution is -2.41. The van der Waals surface area contributed by atoms with Crippen LogP contribution in [0.15, 0.2) is 97.1 Å². The highest BCUT2D eigenvalue weighted by atomic mass is 19.1. The van der Waals surface area contributed by atoms with Gasteiger partial charge in [-0.3, -0.25) is 4.79 Å². The molecule has 0 spiro atoms. The number of hydrogen-bond donors (Lipinski definition) is 0. The summed E-state index contributed by atoms with van der Waals surface area (Å²) in [5.41, 5.74) is 6.98. The third-order valence-corrected chi connectivity index (χ3v) is 6.54. The van der Waals surface area contributed by atoms with E-state index in [0.717, 1.165) is 40.7 Å². The summed E-state index contributed by atoms with van der Waals surface area (Å²) in [7, 11) is 0. The zero-order valence-electron chi connectivity index (χ0n) is 18.7. The van der Waals surface area contributed by atoms with Gasteiger partial charge in [0.25, 0.3) is 5.91 Å². The maximum atomic E-state index is 14.2. The second kappa shape index (κ2) is 9.03. The first-order chi connectivity index (χ1) is 16.1. The van der Waals surface area contributed by atoms with Crippen LogP contribution in [0, 0.1) is 12.7 Å². The van der Waals surface area contributed by atoms with Gasteiger partial charge in [-0.05, 0) is 65.3 Å². The second-order valence-corrected chi connectivity index (χ2v) is 8.76. The highest BCUT2D eigenvalue weighted by Gasteiger charge is 2.32. The molecule has 0 aromatic heterocycles. The summed E-state index contributed by atoms with van der Waals surface area (Å²) >= 11 is 0. The van der Waals surface area contributed by atoms with Gasteiger partial charge in [0, 0.05) is 12.6 Å². The Labute approximate surface area is 194 Å². The van der Waals surface area contributed by atoms with E-state index in [4.69, 9.17) is 0 Å². The lowest BCUT2D eigenvalue weighted by molar-refractivity contribution is 0.0667. The number of amides is 1. The topological polar surface area (TPSA) is 20.3 Å². The molecule has 0 saturated carbocycles. The molecule has 0 atom stereocenters. The highest BCUT2D eigenvalue weighted by Crippen LogP contribution is 2.32. The Balaban J connectivity index is 1.57. The van der Waals surface area contributed by atoms with E-state index < -0.39 is 0 Å². The van der Waals surface area contributed by atoms with Gasteiger partial charge in [-0.15, -0.1) is 0 Å². The Kier molecular flexibility index (Phi) is 5.78. The van der Waals surface area contributed by atoms with Crippen LogP contribution in [0.4, 0.5) is 4.39 Å². The molecule has 5 rings (SSSR count). The van der Waals surface area contributed by atoms with Crippen molar-refractivity contribution in [1.82, 2.24) is 4.90 Å². The van der Waals surface area contributed by atoms with Crippen molar-refractivity contribution in [3.63, 3.8) is 0 Å². The van der Waals surface area contributed by atoms with Crippen molar-refractivity contribution in [2.24, 2.45) is 0 Å². The van der Waals surface area contributed by atoms with Gasteiger partial charge in [0.15, 0.2) is 0 Å². The first-order valence-electron chi connectivity index (χ1n) is 11.4. The van der Waals surface area contributed by atoms with Crippen LogP contribution in [-0.4, -0.2) is 16.8 Å². The minimum Gasteiger partial charge on any atom is -0.331 e. The van der Waals surface area contributed by atoms with Crippen LogP contribution in [0.2, 0.25) is 0 Å². The molecule has 1 aliphatic rings. The summed E-state index contributed by atoms with van der Waals surface area (Å²) in [6, 6.07) is 31.0. The Hall–Kier alpha value is -3.72. The fourth-order valence-electron chi connectivity index (χ4n) is 4.91. The average molecular weight is 436 g/mol. The van der Waals surface area contributed by atoms with Crippen LogP contribution in [0.1, 0.15) is 32.6 Å². The molecule has 1 amide bonds. The molecule has 2 nitrogen and oxygen atoms in total. The van der Waals surface area contributed by atoms with E-state index in [1.165, 1.54) is 23.3 Å². The lowest BCUT2D eigenvalue weighted by atomic mass is 9.94. The third kappa shape index (κ3) is 4.31. The molecule has 0 N–H and O–H groups in total. The predicted octanol–water partition coefficient (Wildman–Crippen LogP) is 6.61. The number of hydrogen-bond acceptors (Lipinski definition) is 1. The Morgan fingerprint density at radius 3 is 2.21 bits per heavy atom. The van der Waals surface area contributed by atoms with E-state index in [1.54, 1.807) is 6.07 Å². The summed E-state index contributed by atoms with van der Waals surface area (Å²) in [4.78, 5) is 16.2. The molecule has 0 radical (unpaired) electrons. The van der Waals surface area contributed by atoms with Crippen LogP contribution in [-0.2, 0) is 19.4 Å². The van der Waals surface area contributed by atoms with Gasteiger partial charge >= 0.3 is 0 Å². The van der Waals surface area contributed by atoms with Crippen molar-refractivity contribution in [2.45, 2.75) is 32.4 Å². The van der Waals surface area contributed by atoms with Gasteiger partial charge in [0.2, 0.25) is 0 Å². The minimum absolute atomic E-state index is 0.00554. The molecule has 0 unspecified atom stereocenters. The summed E-state index contributed by atoms with van der Waals surface area (Å²) in [5, 5.41) is 0. The monoisotopic (exact) mass is 435 g/mol. The second-order valence-electron chi connectivity index (χ2n) is 8.76. The molecule has 0 heterocycles. The van der Waals surface area contributed by atoms with Crippen molar-refractivity contribution in [3.8, 4) is 11.1 Å². The number of benzene rings is 4. The molecule has 4 aromatic rings. The van der Waals surface area contributed by atoms with Crippen molar-refractivity contribution in [1.29, 1.82) is 0 Å². The molecule has 0 fully saturated rings. The highest BCUT2D eigenvalue weighted by molar-refractivity contribution is 6.02. The maximum Gasteiger partial charge on any atom is 0.255 e. The van der Waals surface area contributed by atoms with Crippen LogP contribution in [0.3, 0.4) is 0 Å². The number of carbonyl (C=O) groups is 1. The Bertz CT molecular complexity index is 1270. The van der Waals surface area contributed by atoms with Crippen molar-refractivity contribution >= 4 is 5.91 Å². The van der Waals surface area contributed by atoms with Crippen molar-refractivity contribution < 1.29 is 9.18 Å². The third-order valence-electron chi connectivity index (χ3n) is 6.54. The standard InChI is InChI=1S/C30H26FNO/c1-21-9-7-16-28(23-11-3-2-4-12-23)29(21)30(33)32(20-22-10-8-15-26(31)17-22)27-18-24-13-5-6-14-25(24)19-27/h2-17,27H,18-20H2,1H3.